The summed E-state index contributed by atoms with van der Waals surface area (Å²) in [5.41, 5.74) is 2.35. The van der Waals surface area contributed by atoms with Crippen molar-refractivity contribution < 1.29 is 9.53 Å². The Morgan fingerprint density at radius 1 is 1.21 bits per heavy atom. The van der Waals surface area contributed by atoms with Crippen LogP contribution in [0.5, 0.6) is 5.75 Å². The zero-order valence-electron chi connectivity index (χ0n) is 14.9. The molecule has 0 bridgehead atoms. The molecule has 0 aliphatic heterocycles. The van der Waals surface area contributed by atoms with Crippen molar-refractivity contribution in [1.29, 1.82) is 0 Å². The zero-order valence-corrected chi connectivity index (χ0v) is 15.7. The standard InChI is InChI=1S/C19H26N2O2S/c1-19(2,3)16-13-24-18(21-16)10-9-17(22)20-12-11-14-5-7-15(23-4)8-6-14/h5-8,13H,9-12H2,1-4H3,(H,20,22). The van der Waals surface area contributed by atoms with Crippen LogP contribution in [-0.2, 0) is 23.1 Å². The Hall–Kier alpha value is -1.88. The molecule has 1 heterocycles. The molecule has 4 nitrogen and oxygen atoms in total. The maximum Gasteiger partial charge on any atom is 0.220 e. The van der Waals surface area contributed by atoms with Gasteiger partial charge in [-0.25, -0.2) is 4.98 Å². The van der Waals surface area contributed by atoms with Crippen LogP contribution in [-0.4, -0.2) is 24.5 Å². The number of carbonyl (C=O) groups is 1. The third kappa shape index (κ3) is 5.64. The first-order valence-corrected chi connectivity index (χ1v) is 9.11. The number of ether oxygens (including phenoxy) is 1. The van der Waals surface area contributed by atoms with E-state index >= 15 is 0 Å². The molecule has 1 N–H and O–H groups in total. The minimum atomic E-state index is 0.0649. The maximum absolute atomic E-state index is 12.0. The molecule has 130 valence electrons. The van der Waals surface area contributed by atoms with Gasteiger partial charge in [-0.15, -0.1) is 11.3 Å². The molecule has 1 aromatic carbocycles. The number of thiazole rings is 1. The molecule has 24 heavy (non-hydrogen) atoms. The van der Waals surface area contributed by atoms with E-state index in [0.29, 0.717) is 19.4 Å². The van der Waals surface area contributed by atoms with E-state index in [1.165, 1.54) is 5.56 Å². The number of hydrogen-bond acceptors (Lipinski definition) is 4. The molecule has 0 aliphatic rings. The lowest BCUT2D eigenvalue weighted by molar-refractivity contribution is -0.121. The Bertz CT molecular complexity index is 657. The highest BCUT2D eigenvalue weighted by molar-refractivity contribution is 7.09. The third-order valence-corrected chi connectivity index (χ3v) is 4.69. The predicted molar refractivity (Wildman–Crippen MR) is 98.8 cm³/mol. The number of aromatic nitrogens is 1. The fourth-order valence-electron chi connectivity index (χ4n) is 2.22. The van der Waals surface area contributed by atoms with Crippen molar-refractivity contribution in [3.05, 3.63) is 45.9 Å². The van der Waals surface area contributed by atoms with Crippen LogP contribution < -0.4 is 10.1 Å². The van der Waals surface area contributed by atoms with E-state index in [0.717, 1.165) is 22.9 Å². The van der Waals surface area contributed by atoms with E-state index in [9.17, 15) is 4.79 Å². The molecular weight excluding hydrogens is 320 g/mol. The average molecular weight is 346 g/mol. The van der Waals surface area contributed by atoms with Crippen molar-refractivity contribution in [3.8, 4) is 5.75 Å². The Labute approximate surface area is 148 Å². The van der Waals surface area contributed by atoms with Crippen molar-refractivity contribution in [1.82, 2.24) is 10.3 Å². The molecule has 0 unspecified atom stereocenters. The van der Waals surface area contributed by atoms with Crippen molar-refractivity contribution in [2.45, 2.75) is 45.4 Å². The van der Waals surface area contributed by atoms with E-state index in [2.05, 4.69) is 36.5 Å². The topological polar surface area (TPSA) is 51.2 Å². The Morgan fingerprint density at radius 3 is 2.50 bits per heavy atom. The summed E-state index contributed by atoms with van der Waals surface area (Å²) in [4.78, 5) is 16.6. The number of nitrogens with zero attached hydrogens (tertiary/aromatic N) is 1. The van der Waals surface area contributed by atoms with Gasteiger partial charge in [-0.2, -0.15) is 0 Å². The normalized spacial score (nSPS) is 11.3. The van der Waals surface area contributed by atoms with Crippen LogP contribution in [0.25, 0.3) is 0 Å². The minimum absolute atomic E-state index is 0.0649. The van der Waals surface area contributed by atoms with Gasteiger partial charge in [0, 0.05) is 30.2 Å². The van der Waals surface area contributed by atoms with E-state index in [1.54, 1.807) is 18.4 Å². The summed E-state index contributed by atoms with van der Waals surface area (Å²) < 4.78 is 5.13. The minimum Gasteiger partial charge on any atom is -0.497 e. The predicted octanol–water partition coefficient (Wildman–Crippen LogP) is 3.74. The lowest BCUT2D eigenvalue weighted by Crippen LogP contribution is -2.25. The summed E-state index contributed by atoms with van der Waals surface area (Å²) in [7, 11) is 1.65. The number of aryl methyl sites for hydroxylation is 1. The first kappa shape index (κ1) is 18.5. The van der Waals surface area contributed by atoms with Gasteiger partial charge in [0.25, 0.3) is 0 Å². The van der Waals surface area contributed by atoms with Crippen molar-refractivity contribution >= 4 is 17.2 Å². The molecule has 2 aromatic rings. The molecule has 0 saturated carbocycles. The average Bonchev–Trinajstić information content (AvgIpc) is 3.03. The monoisotopic (exact) mass is 346 g/mol. The van der Waals surface area contributed by atoms with Gasteiger partial charge in [-0.1, -0.05) is 32.9 Å². The third-order valence-electron chi connectivity index (χ3n) is 3.78. The Balaban J connectivity index is 1.70. The molecule has 5 heteroatoms. The van der Waals surface area contributed by atoms with Gasteiger partial charge in [-0.3, -0.25) is 4.79 Å². The molecule has 0 spiro atoms. The van der Waals surface area contributed by atoms with Gasteiger partial charge < -0.3 is 10.1 Å². The molecule has 0 atom stereocenters. The van der Waals surface area contributed by atoms with Gasteiger partial charge in [0.15, 0.2) is 0 Å². The summed E-state index contributed by atoms with van der Waals surface area (Å²) >= 11 is 1.64. The molecule has 0 fully saturated rings. The summed E-state index contributed by atoms with van der Waals surface area (Å²) in [6.45, 7) is 7.10. The molecule has 0 saturated heterocycles. The molecule has 0 aliphatic carbocycles. The summed E-state index contributed by atoms with van der Waals surface area (Å²) in [6.07, 6.45) is 2.01. The number of hydrogen-bond donors (Lipinski definition) is 1. The summed E-state index contributed by atoms with van der Waals surface area (Å²) in [5, 5.41) is 6.10. The first-order valence-electron chi connectivity index (χ1n) is 8.23. The van der Waals surface area contributed by atoms with Crippen LogP contribution in [0.3, 0.4) is 0 Å². The van der Waals surface area contributed by atoms with E-state index < -0.39 is 0 Å². The van der Waals surface area contributed by atoms with Crippen LogP contribution in [0.15, 0.2) is 29.6 Å². The highest BCUT2D eigenvalue weighted by Gasteiger charge is 2.17. The number of benzene rings is 1. The van der Waals surface area contributed by atoms with Gasteiger partial charge >= 0.3 is 0 Å². The number of amides is 1. The van der Waals surface area contributed by atoms with E-state index in [-0.39, 0.29) is 11.3 Å². The Morgan fingerprint density at radius 2 is 1.92 bits per heavy atom. The summed E-state index contributed by atoms with van der Waals surface area (Å²) in [5.74, 6) is 0.928. The second kappa shape index (κ2) is 8.29. The van der Waals surface area contributed by atoms with E-state index in [4.69, 9.17) is 4.74 Å². The van der Waals surface area contributed by atoms with Crippen LogP contribution in [0.1, 0.15) is 43.5 Å². The maximum atomic E-state index is 12.0. The van der Waals surface area contributed by atoms with Crippen LogP contribution in [0, 0.1) is 0 Å². The Kier molecular flexibility index (Phi) is 6.37. The molecule has 2 rings (SSSR count). The fraction of sp³-hybridized carbons (Fsp3) is 0.474. The zero-order chi connectivity index (χ0) is 17.6. The lowest BCUT2D eigenvalue weighted by atomic mass is 9.93. The fourth-order valence-corrected chi connectivity index (χ4v) is 3.24. The number of rotatable bonds is 7. The second-order valence-electron chi connectivity index (χ2n) is 6.82. The van der Waals surface area contributed by atoms with Gasteiger partial charge in [0.2, 0.25) is 5.91 Å². The van der Waals surface area contributed by atoms with Crippen LogP contribution in [0.2, 0.25) is 0 Å². The highest BCUT2D eigenvalue weighted by atomic mass is 32.1. The van der Waals surface area contributed by atoms with Crippen LogP contribution >= 0.6 is 11.3 Å². The van der Waals surface area contributed by atoms with Gasteiger partial charge in [0.1, 0.15) is 5.75 Å². The quantitative estimate of drug-likeness (QED) is 0.831. The molecule has 0 radical (unpaired) electrons. The van der Waals surface area contributed by atoms with Crippen LogP contribution in [0.4, 0.5) is 0 Å². The first-order chi connectivity index (χ1) is 11.4. The van der Waals surface area contributed by atoms with Crippen molar-refractivity contribution in [3.63, 3.8) is 0 Å². The van der Waals surface area contributed by atoms with Crippen molar-refractivity contribution in [2.75, 3.05) is 13.7 Å². The van der Waals surface area contributed by atoms with Gasteiger partial charge in [-0.05, 0) is 24.1 Å². The number of carbonyl (C=O) groups excluding carboxylic acids is 1. The SMILES string of the molecule is COc1ccc(CCNC(=O)CCc2nc(C(C)(C)C)cs2)cc1. The largest absolute Gasteiger partial charge is 0.497 e. The smallest absolute Gasteiger partial charge is 0.220 e. The summed E-state index contributed by atoms with van der Waals surface area (Å²) in [6, 6.07) is 7.92. The van der Waals surface area contributed by atoms with E-state index in [1.807, 2.05) is 24.3 Å². The lowest BCUT2D eigenvalue weighted by Gasteiger charge is -2.14. The van der Waals surface area contributed by atoms with Crippen molar-refractivity contribution in [2.24, 2.45) is 0 Å². The number of methoxy groups -OCH3 is 1. The molecular formula is C19H26N2O2S. The molecule has 1 aromatic heterocycles. The van der Waals surface area contributed by atoms with Gasteiger partial charge in [0.05, 0.1) is 17.8 Å². The number of nitrogens with one attached hydrogen (secondary N) is 1. The second-order valence-corrected chi connectivity index (χ2v) is 7.77. The molecule has 1 amide bonds. The highest BCUT2D eigenvalue weighted by Crippen LogP contribution is 2.24.